The zero-order valence-corrected chi connectivity index (χ0v) is 66.7. The maximum absolute atomic E-state index is 13.1. The van der Waals surface area contributed by atoms with Crippen molar-refractivity contribution >= 4 is 39.5 Å². The molecule has 0 aromatic rings. The number of ether oxygens (including phenoxy) is 4. The second-order valence-corrected chi connectivity index (χ2v) is 29.1. The molecule has 17 nitrogen and oxygen atoms in total. The Hall–Kier alpha value is -5.06. The van der Waals surface area contributed by atoms with Gasteiger partial charge in [0, 0.05) is 19.3 Å². The molecule has 0 rings (SSSR count). The van der Waals surface area contributed by atoms with Crippen LogP contribution < -0.4 is 0 Å². The Morgan fingerprint density at radius 2 is 0.538 bits per heavy atom. The molecule has 5 unspecified atom stereocenters. The first-order chi connectivity index (χ1) is 50.7. The summed E-state index contributed by atoms with van der Waals surface area (Å²) in [6.07, 6.45) is 87.1. The van der Waals surface area contributed by atoms with Crippen LogP contribution in [0.15, 0.2) is 146 Å². The number of phosphoric acid groups is 2. The highest BCUT2D eigenvalue weighted by atomic mass is 31.2. The van der Waals surface area contributed by atoms with E-state index in [9.17, 15) is 43.2 Å². The van der Waals surface area contributed by atoms with Crippen LogP contribution in [0.1, 0.15) is 310 Å². The van der Waals surface area contributed by atoms with Crippen LogP contribution >= 0.6 is 15.6 Å². The van der Waals surface area contributed by atoms with E-state index in [2.05, 4.69) is 149 Å². The number of allylic oxidation sites excluding steroid dienone is 23. The van der Waals surface area contributed by atoms with Gasteiger partial charge in [0.2, 0.25) is 0 Å². The van der Waals surface area contributed by atoms with Gasteiger partial charge in [0.15, 0.2) is 12.2 Å². The second-order valence-electron chi connectivity index (χ2n) is 26.2. The summed E-state index contributed by atoms with van der Waals surface area (Å²) in [6, 6.07) is 0. The Labute approximate surface area is 630 Å². The minimum atomic E-state index is -5.01. The average molecular weight is 1500 g/mol. The summed E-state index contributed by atoms with van der Waals surface area (Å²) < 4.78 is 68.5. The maximum Gasteiger partial charge on any atom is 0.472 e. The molecule has 0 heterocycles. The van der Waals surface area contributed by atoms with E-state index in [0.717, 1.165) is 180 Å². The first-order valence-electron chi connectivity index (χ1n) is 40.1. The third-order valence-electron chi connectivity index (χ3n) is 16.3. The third kappa shape index (κ3) is 75.2. The monoisotopic (exact) mass is 1500 g/mol. The number of unbranched alkanes of at least 4 members (excludes halogenated alkanes) is 25. The lowest BCUT2D eigenvalue weighted by atomic mass is 10.0. The van der Waals surface area contributed by atoms with Crippen molar-refractivity contribution in [2.24, 2.45) is 0 Å². The summed E-state index contributed by atoms with van der Waals surface area (Å²) >= 11 is 0. The molecule has 0 fully saturated rings. The highest BCUT2D eigenvalue weighted by molar-refractivity contribution is 7.47. The van der Waals surface area contributed by atoms with Gasteiger partial charge in [-0.05, 0) is 122 Å². The molecule has 3 N–H and O–H groups in total. The minimum absolute atomic E-state index is 0.0900. The van der Waals surface area contributed by atoms with E-state index < -0.39 is 97.5 Å². The largest absolute Gasteiger partial charge is 0.472 e. The molecule has 594 valence electrons. The number of hydrogen-bond donors (Lipinski definition) is 3. The first-order valence-corrected chi connectivity index (χ1v) is 43.1. The van der Waals surface area contributed by atoms with Gasteiger partial charge in [-0.15, -0.1) is 0 Å². The van der Waals surface area contributed by atoms with Gasteiger partial charge in [0.05, 0.1) is 32.8 Å². The number of phosphoric ester groups is 2. The van der Waals surface area contributed by atoms with Crippen molar-refractivity contribution in [3.8, 4) is 0 Å². The van der Waals surface area contributed by atoms with E-state index in [1.54, 1.807) is 12.2 Å². The van der Waals surface area contributed by atoms with Crippen molar-refractivity contribution < 1.29 is 80.2 Å². The summed E-state index contributed by atoms with van der Waals surface area (Å²) in [5.41, 5.74) is 0. The second kappa shape index (κ2) is 76.1. The van der Waals surface area contributed by atoms with Crippen LogP contribution in [0.3, 0.4) is 0 Å². The van der Waals surface area contributed by atoms with Gasteiger partial charge in [-0.3, -0.25) is 37.3 Å². The smallest absolute Gasteiger partial charge is 0.462 e. The highest BCUT2D eigenvalue weighted by Gasteiger charge is 2.30. The third-order valence-corrected chi connectivity index (χ3v) is 18.2. The van der Waals surface area contributed by atoms with E-state index >= 15 is 0 Å². The van der Waals surface area contributed by atoms with Crippen molar-refractivity contribution in [2.75, 3.05) is 39.6 Å². The van der Waals surface area contributed by atoms with E-state index in [1.165, 1.54) is 51.4 Å². The van der Waals surface area contributed by atoms with Gasteiger partial charge in [-0.25, -0.2) is 9.13 Å². The summed E-state index contributed by atoms with van der Waals surface area (Å²) in [4.78, 5) is 73.0. The molecule has 0 aliphatic heterocycles. The van der Waals surface area contributed by atoms with Crippen molar-refractivity contribution in [1.29, 1.82) is 0 Å². The quantitative estimate of drug-likeness (QED) is 0.0169. The van der Waals surface area contributed by atoms with E-state index in [1.807, 2.05) is 12.2 Å². The van der Waals surface area contributed by atoms with Crippen LogP contribution in [0.4, 0.5) is 0 Å². The summed E-state index contributed by atoms with van der Waals surface area (Å²) in [5, 5.41) is 10.6. The molecule has 0 bridgehead atoms. The fraction of sp³-hybridized carbons (Fsp3) is 0.671. The van der Waals surface area contributed by atoms with Gasteiger partial charge in [-0.2, -0.15) is 0 Å². The fourth-order valence-electron chi connectivity index (χ4n) is 10.4. The van der Waals surface area contributed by atoms with Crippen LogP contribution in [-0.2, 0) is 65.4 Å². The minimum Gasteiger partial charge on any atom is -0.462 e. The molecule has 0 aromatic carbocycles. The van der Waals surface area contributed by atoms with Crippen molar-refractivity contribution in [3.05, 3.63) is 146 Å². The van der Waals surface area contributed by atoms with Crippen LogP contribution in [0.25, 0.3) is 0 Å². The Kier molecular flexibility index (Phi) is 72.4. The molecular formula is C85H142O17P2. The van der Waals surface area contributed by atoms with Gasteiger partial charge >= 0.3 is 39.5 Å². The van der Waals surface area contributed by atoms with E-state index in [-0.39, 0.29) is 25.7 Å². The number of carbonyl (C=O) groups is 4. The van der Waals surface area contributed by atoms with E-state index in [4.69, 9.17) is 37.0 Å². The van der Waals surface area contributed by atoms with Gasteiger partial charge in [0.1, 0.15) is 19.3 Å². The van der Waals surface area contributed by atoms with Crippen LogP contribution in [0.2, 0.25) is 0 Å². The lowest BCUT2D eigenvalue weighted by Gasteiger charge is -2.21. The number of aliphatic hydroxyl groups excluding tert-OH is 1. The molecule has 0 amide bonds. The molecule has 0 aliphatic rings. The Bertz CT molecular complexity index is 2540. The molecule has 104 heavy (non-hydrogen) atoms. The molecule has 0 aliphatic carbocycles. The molecule has 0 saturated heterocycles. The topological polar surface area (TPSA) is 237 Å². The van der Waals surface area contributed by atoms with Gasteiger partial charge < -0.3 is 33.8 Å². The lowest BCUT2D eigenvalue weighted by molar-refractivity contribution is -0.161. The number of hydrogen-bond acceptors (Lipinski definition) is 15. The normalized spacial score (nSPS) is 14.6. The van der Waals surface area contributed by atoms with Gasteiger partial charge in [-0.1, -0.05) is 308 Å². The molecule has 0 aromatic heterocycles. The van der Waals surface area contributed by atoms with Crippen molar-refractivity contribution in [1.82, 2.24) is 0 Å². The Morgan fingerprint density at radius 3 is 0.856 bits per heavy atom. The zero-order chi connectivity index (χ0) is 76.0. The predicted molar refractivity (Wildman–Crippen MR) is 427 cm³/mol. The number of aliphatic hydroxyl groups is 1. The van der Waals surface area contributed by atoms with Crippen LogP contribution in [0.5, 0.6) is 0 Å². The summed E-state index contributed by atoms with van der Waals surface area (Å²) in [7, 11) is -10.00. The average Bonchev–Trinajstić information content (AvgIpc) is 0.910. The van der Waals surface area contributed by atoms with Crippen LogP contribution in [0, 0.1) is 0 Å². The maximum atomic E-state index is 13.1. The van der Waals surface area contributed by atoms with Crippen molar-refractivity contribution in [2.45, 2.75) is 329 Å². The molecular weight excluding hydrogens is 1350 g/mol. The number of rotatable bonds is 74. The lowest BCUT2D eigenvalue weighted by Crippen LogP contribution is -2.30. The predicted octanol–water partition coefficient (Wildman–Crippen LogP) is 23.4. The highest BCUT2D eigenvalue weighted by Crippen LogP contribution is 2.45. The summed E-state index contributed by atoms with van der Waals surface area (Å²) in [5.74, 6) is -2.35. The van der Waals surface area contributed by atoms with E-state index in [0.29, 0.717) is 25.7 Å². The molecule has 5 atom stereocenters. The zero-order valence-electron chi connectivity index (χ0n) is 64.9. The molecule has 0 spiro atoms. The number of esters is 4. The van der Waals surface area contributed by atoms with Crippen molar-refractivity contribution in [3.63, 3.8) is 0 Å². The van der Waals surface area contributed by atoms with Gasteiger partial charge in [0.25, 0.3) is 0 Å². The Balaban J connectivity index is 5.42. The molecule has 0 radical (unpaired) electrons. The first kappa shape index (κ1) is 98.9. The fourth-order valence-corrected chi connectivity index (χ4v) is 11.9. The summed E-state index contributed by atoms with van der Waals surface area (Å²) in [6.45, 7) is 4.41. The SMILES string of the molecule is CC/C=C\C/C=C\C/C=C\C/C=C\C/C=C\CC(=O)OC(COC(=O)CCCCCCCC/C=C\C/C=C\C/C=C\C/C=C\CC)COP(=O)(O)OCC(O)COP(=O)(O)OCC(COC(=O)CCCCCCCCC/C=C\C/C=C\C/C=C\CC)OC(=O)CCCCCCCCCCCCCCC. The molecule has 19 heteroatoms. The molecule has 0 saturated carbocycles. The number of carbonyl (C=O) groups excluding carboxylic acids is 4. The standard InChI is InChI=1S/C85H142O17P2/c1-5-9-13-17-21-25-29-33-36-38-39-41-44-47-50-54-58-62-66-70-83(88)96-76-81(102-85(90)72-68-64-60-56-52-48-42-35-31-27-23-19-15-11-7-3)78-100-104(93,94)98-74-79(86)73-97-103(91,92)99-77-80(101-84(89)71-67-63-59-55-51-45-32-28-24-20-16-12-8-4)75-95-82(87)69-65-61-57-53-49-46-43-40-37-34-30-26-22-18-14-10-6-2/h9-11,13-15,21-23,25-27,33-37,39,41-42,52,56,64,68,79-81,86H,5-8,12,16-20,24,28-32,38,40,43-51,53-55,57-63,65-67,69-78H2,1-4H3,(H,91,92)(H,93,94)/b13-9-,14-10-,15-11-,25-21-,26-22-,27-23-,36-33-,37-34-,41-39-,42-35-,56-52-,68-64-. The Morgan fingerprint density at radius 1 is 0.288 bits per heavy atom. The van der Waals surface area contributed by atoms with Crippen LogP contribution in [-0.4, -0.2) is 96.7 Å².